The lowest BCUT2D eigenvalue weighted by molar-refractivity contribution is -0.121. The number of hydrogen-bond acceptors (Lipinski definition) is 7. The molecule has 9 heteroatoms. The number of nitrogens with one attached hydrogen (secondary N) is 1. The van der Waals surface area contributed by atoms with Crippen molar-refractivity contribution < 1.29 is 14.3 Å². The summed E-state index contributed by atoms with van der Waals surface area (Å²) in [5, 5.41) is 3.09. The standard InChI is InChI=1S/C26H34N6O3/c1-4-35-23-16-20(8-9-22(23)34-3)10-11-28-25(33)17-21-7-5-6-13-32(21)24-15-19(2)29-26(30-24)31-14-12-27-18-31/h8-9,12,14-16,18,21H,4-7,10-11,13,17H2,1-3H3,(H,28,33). The Balaban J connectivity index is 1.37. The van der Waals surface area contributed by atoms with Crippen molar-refractivity contribution in [2.24, 2.45) is 0 Å². The first kappa shape index (κ1) is 24.5. The molecule has 1 saturated heterocycles. The van der Waals surface area contributed by atoms with Crippen molar-refractivity contribution in [1.82, 2.24) is 24.8 Å². The van der Waals surface area contributed by atoms with Crippen molar-refractivity contribution in [3.05, 3.63) is 54.2 Å². The Kier molecular flexibility index (Phi) is 8.18. The van der Waals surface area contributed by atoms with Crippen LogP contribution in [-0.4, -0.2) is 58.3 Å². The number of piperidine rings is 1. The molecule has 0 radical (unpaired) electrons. The van der Waals surface area contributed by atoms with Crippen molar-refractivity contribution in [3.63, 3.8) is 0 Å². The second kappa shape index (κ2) is 11.7. The number of benzene rings is 1. The highest BCUT2D eigenvalue weighted by Gasteiger charge is 2.26. The number of hydrogen-bond donors (Lipinski definition) is 1. The van der Waals surface area contributed by atoms with Gasteiger partial charge in [0.1, 0.15) is 12.1 Å². The fourth-order valence-corrected chi connectivity index (χ4v) is 4.47. The van der Waals surface area contributed by atoms with Gasteiger partial charge in [-0.15, -0.1) is 0 Å². The third-order valence-electron chi connectivity index (χ3n) is 6.17. The molecule has 1 N–H and O–H groups in total. The fraction of sp³-hybridized carbons (Fsp3) is 0.462. The average molecular weight is 479 g/mol. The molecule has 1 aromatic carbocycles. The monoisotopic (exact) mass is 478 g/mol. The number of methoxy groups -OCH3 is 1. The zero-order valence-electron chi connectivity index (χ0n) is 20.7. The second-order valence-electron chi connectivity index (χ2n) is 8.70. The number of imidazole rings is 1. The zero-order chi connectivity index (χ0) is 24.6. The molecule has 1 atom stereocenters. The molecular weight excluding hydrogens is 444 g/mol. The first-order valence-corrected chi connectivity index (χ1v) is 12.2. The van der Waals surface area contributed by atoms with Crippen molar-refractivity contribution >= 4 is 11.7 Å². The lowest BCUT2D eigenvalue weighted by Crippen LogP contribution is -2.43. The summed E-state index contributed by atoms with van der Waals surface area (Å²) in [6.45, 7) is 5.93. The van der Waals surface area contributed by atoms with Gasteiger partial charge in [0.05, 0.1) is 13.7 Å². The highest BCUT2D eigenvalue weighted by Crippen LogP contribution is 2.28. The number of aryl methyl sites for hydroxylation is 1. The summed E-state index contributed by atoms with van der Waals surface area (Å²) in [7, 11) is 1.63. The number of anilines is 1. The Hall–Kier alpha value is -3.62. The summed E-state index contributed by atoms with van der Waals surface area (Å²) < 4.78 is 12.8. The molecule has 1 amide bonds. The number of amides is 1. The number of carbonyl (C=O) groups is 1. The van der Waals surface area contributed by atoms with Crippen molar-refractivity contribution in [3.8, 4) is 17.4 Å². The van der Waals surface area contributed by atoms with Gasteiger partial charge in [0, 0.05) is 49.7 Å². The van der Waals surface area contributed by atoms with E-state index in [1.54, 1.807) is 24.2 Å². The Morgan fingerprint density at radius 2 is 2.09 bits per heavy atom. The van der Waals surface area contributed by atoms with Gasteiger partial charge < -0.3 is 19.7 Å². The van der Waals surface area contributed by atoms with E-state index in [4.69, 9.17) is 14.5 Å². The molecule has 4 rings (SSSR count). The SMILES string of the molecule is CCOc1cc(CCNC(=O)CC2CCCCN2c2cc(C)nc(-n3ccnc3)n2)ccc1OC. The van der Waals surface area contributed by atoms with E-state index in [9.17, 15) is 4.79 Å². The first-order valence-electron chi connectivity index (χ1n) is 12.2. The Morgan fingerprint density at radius 3 is 2.86 bits per heavy atom. The minimum absolute atomic E-state index is 0.0565. The van der Waals surface area contributed by atoms with Crippen molar-refractivity contribution in [2.45, 2.75) is 52.0 Å². The number of rotatable bonds is 10. The van der Waals surface area contributed by atoms with E-state index < -0.39 is 0 Å². The van der Waals surface area contributed by atoms with Crippen LogP contribution < -0.4 is 19.7 Å². The van der Waals surface area contributed by atoms with Gasteiger partial charge in [0.25, 0.3) is 0 Å². The number of aromatic nitrogens is 4. The smallest absolute Gasteiger partial charge is 0.237 e. The molecule has 0 saturated carbocycles. The van der Waals surface area contributed by atoms with Crippen LogP contribution in [-0.2, 0) is 11.2 Å². The average Bonchev–Trinajstić information content (AvgIpc) is 3.40. The van der Waals surface area contributed by atoms with E-state index in [-0.39, 0.29) is 11.9 Å². The molecule has 1 aliphatic rings. The predicted molar refractivity (Wildman–Crippen MR) is 134 cm³/mol. The summed E-state index contributed by atoms with van der Waals surface area (Å²) in [4.78, 5) is 28.5. The van der Waals surface area contributed by atoms with Crippen molar-refractivity contribution in [2.75, 3.05) is 31.7 Å². The van der Waals surface area contributed by atoms with Crippen LogP contribution in [0.1, 0.15) is 43.9 Å². The lowest BCUT2D eigenvalue weighted by atomic mass is 9.99. The third-order valence-corrected chi connectivity index (χ3v) is 6.17. The Bertz CT molecular complexity index is 1120. The molecule has 186 valence electrons. The molecule has 1 aliphatic heterocycles. The molecule has 1 fully saturated rings. The molecule has 2 aromatic heterocycles. The fourth-order valence-electron chi connectivity index (χ4n) is 4.47. The number of carbonyl (C=O) groups excluding carboxylic acids is 1. The van der Waals surface area contributed by atoms with Gasteiger partial charge in [-0.1, -0.05) is 6.07 Å². The van der Waals surface area contributed by atoms with Gasteiger partial charge >= 0.3 is 0 Å². The van der Waals surface area contributed by atoms with Gasteiger partial charge in [0.15, 0.2) is 11.5 Å². The highest BCUT2D eigenvalue weighted by molar-refractivity contribution is 5.77. The van der Waals surface area contributed by atoms with Crippen LogP contribution in [0.5, 0.6) is 11.5 Å². The predicted octanol–water partition coefficient (Wildman–Crippen LogP) is 3.49. The molecule has 3 heterocycles. The zero-order valence-corrected chi connectivity index (χ0v) is 20.7. The molecule has 9 nitrogen and oxygen atoms in total. The molecule has 35 heavy (non-hydrogen) atoms. The topological polar surface area (TPSA) is 94.4 Å². The van der Waals surface area contributed by atoms with E-state index in [1.807, 2.05) is 44.3 Å². The summed E-state index contributed by atoms with van der Waals surface area (Å²) >= 11 is 0. The maximum Gasteiger partial charge on any atom is 0.237 e. The Morgan fingerprint density at radius 1 is 1.20 bits per heavy atom. The van der Waals surface area contributed by atoms with Gasteiger partial charge in [-0.05, 0) is 57.2 Å². The number of nitrogens with zero attached hydrogens (tertiary/aromatic N) is 5. The summed E-state index contributed by atoms with van der Waals surface area (Å²) in [6.07, 6.45) is 9.57. The minimum Gasteiger partial charge on any atom is -0.493 e. The van der Waals surface area contributed by atoms with E-state index >= 15 is 0 Å². The largest absolute Gasteiger partial charge is 0.493 e. The number of ether oxygens (including phenoxy) is 2. The third kappa shape index (κ3) is 6.29. The molecule has 0 aliphatic carbocycles. The lowest BCUT2D eigenvalue weighted by Gasteiger charge is -2.36. The van der Waals surface area contributed by atoms with E-state index in [2.05, 4.69) is 20.2 Å². The van der Waals surface area contributed by atoms with Crippen molar-refractivity contribution in [1.29, 1.82) is 0 Å². The molecule has 0 bridgehead atoms. The summed E-state index contributed by atoms with van der Waals surface area (Å²) in [5.41, 5.74) is 1.98. The maximum atomic E-state index is 12.8. The minimum atomic E-state index is 0.0565. The molecular formula is C26H34N6O3. The van der Waals surface area contributed by atoms with Crippen LogP contribution in [0.25, 0.3) is 5.95 Å². The van der Waals surface area contributed by atoms with Crippen LogP contribution >= 0.6 is 0 Å². The second-order valence-corrected chi connectivity index (χ2v) is 8.70. The van der Waals surface area contributed by atoms with E-state index in [1.165, 1.54) is 0 Å². The van der Waals surface area contributed by atoms with Gasteiger partial charge in [-0.3, -0.25) is 9.36 Å². The van der Waals surface area contributed by atoms with Crippen LogP contribution in [0.2, 0.25) is 0 Å². The quantitative estimate of drug-likeness (QED) is 0.477. The molecule has 0 spiro atoms. The van der Waals surface area contributed by atoms with Crippen LogP contribution in [0.4, 0.5) is 5.82 Å². The summed E-state index contributed by atoms with van der Waals surface area (Å²) in [5.74, 6) is 2.96. The first-order chi connectivity index (χ1) is 17.1. The molecule has 3 aromatic rings. The van der Waals surface area contributed by atoms with Gasteiger partial charge in [0.2, 0.25) is 11.9 Å². The Labute approximate surface area is 206 Å². The van der Waals surface area contributed by atoms with E-state index in [0.29, 0.717) is 31.3 Å². The van der Waals surface area contributed by atoms with Crippen LogP contribution in [0, 0.1) is 6.92 Å². The maximum absolute atomic E-state index is 12.8. The van der Waals surface area contributed by atoms with Gasteiger partial charge in [-0.2, -0.15) is 4.98 Å². The molecule has 1 unspecified atom stereocenters. The highest BCUT2D eigenvalue weighted by atomic mass is 16.5. The van der Waals surface area contributed by atoms with Gasteiger partial charge in [-0.25, -0.2) is 9.97 Å². The summed E-state index contributed by atoms with van der Waals surface area (Å²) in [6, 6.07) is 8.00. The van der Waals surface area contributed by atoms with Crippen LogP contribution in [0.15, 0.2) is 43.0 Å². The van der Waals surface area contributed by atoms with Crippen LogP contribution in [0.3, 0.4) is 0 Å². The normalized spacial score (nSPS) is 15.6. The van der Waals surface area contributed by atoms with E-state index in [0.717, 1.165) is 55.1 Å².